The lowest BCUT2D eigenvalue weighted by molar-refractivity contribution is -0.205. The summed E-state index contributed by atoms with van der Waals surface area (Å²) in [6.45, 7) is 11.9. The Morgan fingerprint density at radius 2 is 1.53 bits per heavy atom. The monoisotopic (exact) mass is 422 g/mol. The van der Waals surface area contributed by atoms with Gasteiger partial charge in [0, 0.05) is 0 Å². The third-order valence-electron chi connectivity index (χ3n) is 10.9. The van der Waals surface area contributed by atoms with Crippen LogP contribution in [0.4, 0.5) is 4.39 Å². The van der Waals surface area contributed by atoms with E-state index in [1.54, 1.807) is 0 Å². The van der Waals surface area contributed by atoms with Crippen LogP contribution in [-0.2, 0) is 0 Å². The molecule has 0 amide bonds. The predicted octanol–water partition coefficient (Wildman–Crippen LogP) is 6.39. The van der Waals surface area contributed by atoms with Crippen LogP contribution >= 0.6 is 0 Å². The zero-order chi connectivity index (χ0) is 21.8. The van der Waals surface area contributed by atoms with E-state index in [9.17, 15) is 10.2 Å². The number of hydrogen-bond donors (Lipinski definition) is 2. The van der Waals surface area contributed by atoms with Gasteiger partial charge in [-0.3, -0.25) is 0 Å². The van der Waals surface area contributed by atoms with E-state index in [-0.39, 0.29) is 28.8 Å². The van der Waals surface area contributed by atoms with Gasteiger partial charge in [-0.05, 0) is 97.2 Å². The first kappa shape index (κ1) is 23.0. The van der Waals surface area contributed by atoms with Gasteiger partial charge < -0.3 is 10.2 Å². The Morgan fingerprint density at radius 3 is 2.23 bits per heavy atom. The molecule has 0 aromatic heterocycles. The number of aliphatic hydroxyl groups excluding tert-OH is 2. The summed E-state index contributed by atoms with van der Waals surface area (Å²) in [5, 5.41) is 21.3. The fourth-order valence-electron chi connectivity index (χ4n) is 9.22. The van der Waals surface area contributed by atoms with E-state index >= 15 is 4.39 Å². The number of rotatable bonds is 5. The minimum atomic E-state index is -1.11. The quantitative estimate of drug-likeness (QED) is 0.539. The van der Waals surface area contributed by atoms with E-state index in [2.05, 4.69) is 34.6 Å². The van der Waals surface area contributed by atoms with Gasteiger partial charge in [-0.25, -0.2) is 4.39 Å². The van der Waals surface area contributed by atoms with Gasteiger partial charge in [-0.2, -0.15) is 0 Å². The van der Waals surface area contributed by atoms with Crippen LogP contribution in [0.5, 0.6) is 0 Å². The third-order valence-corrected chi connectivity index (χ3v) is 10.9. The van der Waals surface area contributed by atoms with Crippen LogP contribution in [0, 0.1) is 52.3 Å². The van der Waals surface area contributed by atoms with Crippen molar-refractivity contribution in [2.24, 2.45) is 52.3 Å². The molecule has 0 saturated heterocycles. The molecule has 4 aliphatic carbocycles. The average Bonchev–Trinajstić information content (AvgIpc) is 3.04. The maximum atomic E-state index is 15.9. The Balaban J connectivity index is 1.54. The van der Waals surface area contributed by atoms with Crippen molar-refractivity contribution in [2.45, 2.75) is 117 Å². The molecule has 0 radical (unpaired) electrons. The molecule has 4 rings (SSSR count). The number of halogens is 1. The maximum absolute atomic E-state index is 15.9. The van der Waals surface area contributed by atoms with Crippen LogP contribution < -0.4 is 0 Å². The molecule has 11 atom stereocenters. The van der Waals surface area contributed by atoms with E-state index < -0.39 is 12.3 Å². The molecule has 4 aliphatic rings. The van der Waals surface area contributed by atoms with Gasteiger partial charge in [0.2, 0.25) is 0 Å². The zero-order valence-corrected chi connectivity index (χ0v) is 20.1. The maximum Gasteiger partial charge on any atom is 0.130 e. The van der Waals surface area contributed by atoms with Crippen LogP contribution in [0.15, 0.2) is 0 Å². The van der Waals surface area contributed by atoms with Gasteiger partial charge in [0.1, 0.15) is 6.17 Å². The molecule has 3 heteroatoms. The van der Waals surface area contributed by atoms with Crippen molar-refractivity contribution in [3.63, 3.8) is 0 Å². The van der Waals surface area contributed by atoms with Gasteiger partial charge >= 0.3 is 0 Å². The summed E-state index contributed by atoms with van der Waals surface area (Å²) in [5.41, 5.74) is 0.230. The highest BCUT2D eigenvalue weighted by Crippen LogP contribution is 2.68. The summed E-state index contributed by atoms with van der Waals surface area (Å²) in [5.74, 6) is 2.94. The third kappa shape index (κ3) is 3.58. The predicted molar refractivity (Wildman–Crippen MR) is 121 cm³/mol. The molecule has 4 fully saturated rings. The molecule has 0 bridgehead atoms. The molecule has 30 heavy (non-hydrogen) atoms. The topological polar surface area (TPSA) is 40.5 Å². The van der Waals surface area contributed by atoms with E-state index in [0.29, 0.717) is 24.2 Å². The fourth-order valence-corrected chi connectivity index (χ4v) is 9.22. The molecule has 174 valence electrons. The smallest absolute Gasteiger partial charge is 0.130 e. The summed E-state index contributed by atoms with van der Waals surface area (Å²) < 4.78 is 15.9. The molecule has 0 heterocycles. The minimum Gasteiger partial charge on any atom is -0.393 e. The Kier molecular flexibility index (Phi) is 6.39. The molecule has 0 aliphatic heterocycles. The number of fused-ring (bicyclic) bond motifs is 5. The highest BCUT2D eigenvalue weighted by atomic mass is 19.1. The van der Waals surface area contributed by atoms with Gasteiger partial charge in [0.05, 0.1) is 12.2 Å². The van der Waals surface area contributed by atoms with Crippen LogP contribution in [0.1, 0.15) is 98.8 Å². The van der Waals surface area contributed by atoms with Crippen molar-refractivity contribution in [3.8, 4) is 0 Å². The van der Waals surface area contributed by atoms with E-state index in [0.717, 1.165) is 37.5 Å². The zero-order valence-electron chi connectivity index (χ0n) is 20.1. The second-order valence-corrected chi connectivity index (χ2v) is 12.8. The van der Waals surface area contributed by atoms with Crippen molar-refractivity contribution in [2.75, 3.05) is 0 Å². The van der Waals surface area contributed by atoms with Crippen molar-refractivity contribution in [1.82, 2.24) is 0 Å². The molecular formula is C27H47FO2. The largest absolute Gasteiger partial charge is 0.393 e. The molecule has 2 N–H and O–H groups in total. The van der Waals surface area contributed by atoms with Gasteiger partial charge in [0.15, 0.2) is 0 Å². The lowest BCUT2D eigenvalue weighted by Gasteiger charge is -2.63. The van der Waals surface area contributed by atoms with Crippen LogP contribution in [-0.4, -0.2) is 28.6 Å². The summed E-state index contributed by atoms with van der Waals surface area (Å²) in [4.78, 5) is 0. The van der Waals surface area contributed by atoms with Crippen molar-refractivity contribution in [3.05, 3.63) is 0 Å². The molecule has 2 nitrogen and oxygen atoms in total. The second kappa shape index (κ2) is 8.32. The highest BCUT2D eigenvalue weighted by molar-refractivity contribution is 5.14. The Morgan fingerprint density at radius 1 is 0.867 bits per heavy atom. The minimum absolute atomic E-state index is 0.00575. The molecule has 0 aromatic carbocycles. The molecule has 4 saturated carbocycles. The first-order valence-electron chi connectivity index (χ1n) is 13.1. The van der Waals surface area contributed by atoms with Crippen molar-refractivity contribution < 1.29 is 14.6 Å². The van der Waals surface area contributed by atoms with Crippen LogP contribution in [0.3, 0.4) is 0 Å². The molecule has 0 spiro atoms. The Labute approximate surface area is 184 Å². The molecule has 0 aromatic rings. The molecule has 0 unspecified atom stereocenters. The first-order chi connectivity index (χ1) is 14.1. The summed E-state index contributed by atoms with van der Waals surface area (Å²) >= 11 is 0. The lowest BCUT2D eigenvalue weighted by Crippen LogP contribution is -2.63. The van der Waals surface area contributed by atoms with Crippen molar-refractivity contribution in [1.29, 1.82) is 0 Å². The van der Waals surface area contributed by atoms with E-state index in [4.69, 9.17) is 0 Å². The Hall–Kier alpha value is -0.150. The summed E-state index contributed by atoms with van der Waals surface area (Å²) in [6, 6.07) is 0. The van der Waals surface area contributed by atoms with E-state index in [1.165, 1.54) is 32.1 Å². The number of aliphatic hydroxyl groups is 2. The SMILES string of the molecule is CC(C)CCC[C@@H](C)[C@H]1CC[C@H]2[C@@H]3[C@H](F)[C@@H](O)[C@H]4C[C@@H](O)CC[C@]4(C)[C@H]3CC[C@]12C. The van der Waals surface area contributed by atoms with Crippen LogP contribution in [0.2, 0.25) is 0 Å². The van der Waals surface area contributed by atoms with Crippen LogP contribution in [0.25, 0.3) is 0 Å². The summed E-state index contributed by atoms with van der Waals surface area (Å²) in [6.07, 6.45) is 8.64. The highest BCUT2D eigenvalue weighted by Gasteiger charge is 2.65. The van der Waals surface area contributed by atoms with Gasteiger partial charge in [-0.15, -0.1) is 0 Å². The summed E-state index contributed by atoms with van der Waals surface area (Å²) in [7, 11) is 0. The van der Waals surface area contributed by atoms with Crippen molar-refractivity contribution >= 4 is 0 Å². The second-order valence-electron chi connectivity index (χ2n) is 12.8. The normalized spacial score (nSPS) is 51.9. The molecular weight excluding hydrogens is 375 g/mol. The van der Waals surface area contributed by atoms with Gasteiger partial charge in [-0.1, -0.05) is 53.9 Å². The van der Waals surface area contributed by atoms with E-state index in [1.807, 2.05) is 0 Å². The first-order valence-corrected chi connectivity index (χ1v) is 13.1. The Bertz CT molecular complexity index is 608. The lowest BCUT2D eigenvalue weighted by atomic mass is 9.43. The number of hydrogen-bond acceptors (Lipinski definition) is 2. The number of alkyl halides is 1. The fraction of sp³-hybridized carbons (Fsp3) is 1.00. The average molecular weight is 423 g/mol. The van der Waals surface area contributed by atoms with Gasteiger partial charge in [0.25, 0.3) is 0 Å². The standard InChI is InChI=1S/C27H47FO2/c1-16(2)7-6-8-17(3)19-9-10-20-23-21(12-14-26(19,20)4)27(5)13-11-18(29)15-22(27)25(30)24(23)28/h16-25,29-30H,6-15H2,1-5H3/t17-,18+,19-,20+,21+,22-,23+,24+,25+,26-,27-/m1/s1.